The van der Waals surface area contributed by atoms with Gasteiger partial charge in [-0.3, -0.25) is 33.8 Å². The molecule has 0 aromatic heterocycles. The molecule has 0 fully saturated rings. The van der Waals surface area contributed by atoms with Gasteiger partial charge >= 0.3 is 5.97 Å². The Hall–Kier alpha value is -6.24. The highest BCUT2D eigenvalue weighted by Crippen LogP contribution is 2.13. The first-order valence-corrected chi connectivity index (χ1v) is 16.7. The topological polar surface area (TPSA) is 351 Å². The average molecular weight is 741 g/mol. The van der Waals surface area contributed by atoms with Crippen molar-refractivity contribution in [2.24, 2.45) is 33.7 Å². The Morgan fingerprint density at radius 3 is 1.55 bits per heavy atom. The van der Waals surface area contributed by atoms with E-state index in [0.717, 1.165) is 0 Å². The van der Waals surface area contributed by atoms with Crippen molar-refractivity contribution in [2.45, 2.75) is 81.6 Å². The first-order chi connectivity index (χ1) is 25.0. The zero-order valence-corrected chi connectivity index (χ0v) is 29.0. The van der Waals surface area contributed by atoms with Gasteiger partial charge in [0.15, 0.2) is 5.96 Å². The molecule has 19 heteroatoms. The van der Waals surface area contributed by atoms with Gasteiger partial charge in [0.1, 0.15) is 29.9 Å². The van der Waals surface area contributed by atoms with E-state index in [2.05, 4.69) is 26.3 Å². The summed E-state index contributed by atoms with van der Waals surface area (Å²) in [6.07, 6.45) is -0.963. The van der Waals surface area contributed by atoms with E-state index in [1.807, 2.05) is 0 Å². The minimum atomic E-state index is -1.53. The summed E-state index contributed by atoms with van der Waals surface area (Å²) in [5, 5.41) is 29.4. The van der Waals surface area contributed by atoms with Gasteiger partial charge in [0, 0.05) is 32.2 Å². The van der Waals surface area contributed by atoms with Crippen molar-refractivity contribution in [1.29, 1.82) is 0 Å². The Labute approximate surface area is 305 Å². The van der Waals surface area contributed by atoms with E-state index in [-0.39, 0.29) is 63.2 Å². The number of aromatic hydroxyl groups is 1. The van der Waals surface area contributed by atoms with Crippen LogP contribution < -0.4 is 49.9 Å². The molecule has 0 aliphatic rings. The van der Waals surface area contributed by atoms with Crippen LogP contribution in [-0.4, -0.2) is 94.3 Å². The van der Waals surface area contributed by atoms with Gasteiger partial charge in [-0.15, -0.1) is 0 Å². The Morgan fingerprint density at radius 2 is 1.06 bits per heavy atom. The second-order valence-electron chi connectivity index (χ2n) is 12.2. The minimum absolute atomic E-state index is 0.0632. The van der Waals surface area contributed by atoms with Crippen LogP contribution in [0.15, 0.2) is 59.6 Å². The van der Waals surface area contributed by atoms with E-state index < -0.39 is 71.6 Å². The largest absolute Gasteiger partial charge is 0.508 e. The summed E-state index contributed by atoms with van der Waals surface area (Å²) in [6.45, 7) is 0.210. The van der Waals surface area contributed by atoms with Gasteiger partial charge in [-0.2, -0.15) is 0 Å². The van der Waals surface area contributed by atoms with E-state index >= 15 is 0 Å². The highest BCUT2D eigenvalue weighted by atomic mass is 16.4. The number of guanidine groups is 1. The fraction of sp³-hybridized carbons (Fsp3) is 0.412. The molecule has 0 radical (unpaired) electrons. The zero-order chi connectivity index (χ0) is 39.5. The highest BCUT2D eigenvalue weighted by molar-refractivity contribution is 5.96. The van der Waals surface area contributed by atoms with E-state index in [1.54, 1.807) is 30.3 Å². The lowest BCUT2D eigenvalue weighted by molar-refractivity contribution is -0.142. The quantitative estimate of drug-likeness (QED) is 0.0311. The summed E-state index contributed by atoms with van der Waals surface area (Å²) >= 11 is 0. The number of carbonyl (C=O) groups excluding carboxylic acids is 6. The van der Waals surface area contributed by atoms with E-state index in [4.69, 9.17) is 28.7 Å². The molecule has 2 rings (SSSR count). The molecule has 0 aliphatic carbocycles. The third-order valence-electron chi connectivity index (χ3n) is 7.84. The Bertz CT molecular complexity index is 1600. The van der Waals surface area contributed by atoms with Crippen molar-refractivity contribution < 1.29 is 43.8 Å². The summed E-state index contributed by atoms with van der Waals surface area (Å²) in [6, 6.07) is 7.47. The smallest absolute Gasteiger partial charge is 0.326 e. The maximum atomic E-state index is 14.0. The lowest BCUT2D eigenvalue weighted by atomic mass is 10.0. The van der Waals surface area contributed by atoms with Crippen LogP contribution in [0, 0.1) is 0 Å². The SMILES string of the molecule is NC(=O)CC[C@H](NC(=O)[C@H](Cc1ccc(O)cc1)NC(=O)[C@H](Cc1ccccc1)NC(=O)[C@H](CCC(N)=O)NC(=O)[C@@H](N)CCCN=C(N)N)C(=O)O. The van der Waals surface area contributed by atoms with Crippen molar-refractivity contribution in [3.63, 3.8) is 0 Å². The highest BCUT2D eigenvalue weighted by Gasteiger charge is 2.32. The van der Waals surface area contributed by atoms with Crippen LogP contribution >= 0.6 is 0 Å². The standard InChI is InChI=1S/C34H48N10O9/c35-22(7-4-16-40-34(38)39)29(48)41-23(12-14-27(36)46)30(49)43-25(17-19-5-2-1-3-6-19)32(51)44-26(18-20-8-10-21(45)11-9-20)31(50)42-24(33(52)53)13-15-28(37)47/h1-3,5-6,8-11,22-26,45H,4,7,12-18,35H2,(H2,36,46)(H2,37,47)(H,41,48)(H,42,50)(H,43,49)(H,44,51)(H,52,53)(H4,38,39,40)/t22-,23-,24-,25-,26-/m0/s1. The summed E-state index contributed by atoms with van der Waals surface area (Å²) in [7, 11) is 0. The number of carboxylic acids is 1. The molecule has 288 valence electrons. The molecule has 0 saturated heterocycles. The second-order valence-corrected chi connectivity index (χ2v) is 12.2. The number of aliphatic imine (C=N–C) groups is 1. The van der Waals surface area contributed by atoms with Crippen molar-refractivity contribution in [1.82, 2.24) is 21.3 Å². The molecule has 16 N–H and O–H groups in total. The van der Waals surface area contributed by atoms with Crippen LogP contribution in [0.4, 0.5) is 0 Å². The maximum absolute atomic E-state index is 14.0. The molecule has 0 unspecified atom stereocenters. The van der Waals surface area contributed by atoms with E-state index in [1.165, 1.54) is 24.3 Å². The third-order valence-corrected chi connectivity index (χ3v) is 7.84. The number of hydrogen-bond donors (Lipinski definition) is 11. The fourth-order valence-electron chi connectivity index (χ4n) is 4.98. The third kappa shape index (κ3) is 16.6. The molecule has 0 spiro atoms. The molecular formula is C34H48N10O9. The predicted molar refractivity (Wildman–Crippen MR) is 192 cm³/mol. The van der Waals surface area contributed by atoms with Gasteiger partial charge < -0.3 is 60.1 Å². The molecule has 0 heterocycles. The number of phenols is 1. The van der Waals surface area contributed by atoms with Crippen LogP contribution in [-0.2, 0) is 46.4 Å². The molecule has 19 nitrogen and oxygen atoms in total. The first-order valence-electron chi connectivity index (χ1n) is 16.7. The van der Waals surface area contributed by atoms with Crippen molar-refractivity contribution in [2.75, 3.05) is 6.54 Å². The van der Waals surface area contributed by atoms with Gasteiger partial charge in [-0.05, 0) is 48.9 Å². The Kier molecular flexibility index (Phi) is 17.7. The van der Waals surface area contributed by atoms with Crippen LogP contribution in [0.1, 0.15) is 49.7 Å². The molecule has 5 atom stereocenters. The number of nitrogens with zero attached hydrogens (tertiary/aromatic N) is 1. The van der Waals surface area contributed by atoms with Gasteiger partial charge in [-0.25, -0.2) is 4.79 Å². The number of rotatable bonds is 23. The molecule has 2 aromatic carbocycles. The number of phenolic OH excluding ortho intramolecular Hbond substituents is 1. The predicted octanol–water partition coefficient (Wildman–Crippen LogP) is -2.89. The fourth-order valence-corrected chi connectivity index (χ4v) is 4.98. The van der Waals surface area contributed by atoms with E-state index in [9.17, 15) is 43.8 Å². The summed E-state index contributed by atoms with van der Waals surface area (Å²) < 4.78 is 0. The minimum Gasteiger partial charge on any atom is -0.508 e. The van der Waals surface area contributed by atoms with E-state index in [0.29, 0.717) is 17.5 Å². The number of carbonyl (C=O) groups is 7. The van der Waals surface area contributed by atoms with Gasteiger partial charge in [0.2, 0.25) is 35.4 Å². The second kappa shape index (κ2) is 21.9. The van der Waals surface area contributed by atoms with Crippen molar-refractivity contribution >= 4 is 47.4 Å². The van der Waals surface area contributed by atoms with Crippen LogP contribution in [0.5, 0.6) is 5.75 Å². The first kappa shape index (κ1) is 42.9. The zero-order valence-electron chi connectivity index (χ0n) is 29.0. The number of primary amides is 2. The van der Waals surface area contributed by atoms with Gasteiger partial charge in [-0.1, -0.05) is 42.5 Å². The number of carboxylic acid groups (broad SMARTS) is 1. The van der Waals surface area contributed by atoms with Crippen molar-refractivity contribution in [3.05, 3.63) is 65.7 Å². The molecular weight excluding hydrogens is 692 g/mol. The van der Waals surface area contributed by atoms with Crippen LogP contribution in [0.2, 0.25) is 0 Å². The number of benzene rings is 2. The lowest BCUT2D eigenvalue weighted by Crippen LogP contribution is -2.59. The Balaban J connectivity index is 2.38. The van der Waals surface area contributed by atoms with Crippen LogP contribution in [0.3, 0.4) is 0 Å². The lowest BCUT2D eigenvalue weighted by Gasteiger charge is -2.26. The molecule has 6 amide bonds. The Morgan fingerprint density at radius 1 is 0.604 bits per heavy atom. The molecule has 53 heavy (non-hydrogen) atoms. The van der Waals surface area contributed by atoms with Crippen LogP contribution in [0.25, 0.3) is 0 Å². The normalized spacial score (nSPS) is 13.5. The number of aliphatic carboxylic acids is 1. The van der Waals surface area contributed by atoms with Gasteiger partial charge in [0.25, 0.3) is 0 Å². The molecule has 0 aliphatic heterocycles. The number of amides is 6. The average Bonchev–Trinajstić information content (AvgIpc) is 3.10. The molecule has 2 aromatic rings. The summed E-state index contributed by atoms with van der Waals surface area (Å²) in [5.41, 5.74) is 28.2. The maximum Gasteiger partial charge on any atom is 0.326 e. The summed E-state index contributed by atoms with van der Waals surface area (Å²) in [5.74, 6) is -6.54. The number of nitrogens with one attached hydrogen (secondary N) is 4. The van der Waals surface area contributed by atoms with Gasteiger partial charge in [0.05, 0.1) is 6.04 Å². The molecule has 0 saturated carbocycles. The molecule has 0 bridgehead atoms. The monoisotopic (exact) mass is 740 g/mol. The summed E-state index contributed by atoms with van der Waals surface area (Å²) in [4.78, 5) is 92.8. The number of hydrogen-bond acceptors (Lipinski definition) is 10. The van der Waals surface area contributed by atoms with Crippen molar-refractivity contribution in [3.8, 4) is 5.75 Å². The number of nitrogens with two attached hydrogens (primary N) is 5.